The summed E-state index contributed by atoms with van der Waals surface area (Å²) in [4.78, 5) is 14.0. The number of carboxylic acids is 1. The van der Waals surface area contributed by atoms with Crippen LogP contribution in [-0.4, -0.2) is 16.1 Å². The minimum atomic E-state index is -1.32. The first-order valence-electron chi connectivity index (χ1n) is 2.77. The predicted octanol–water partition coefficient (Wildman–Crippen LogP) is 2.44. The molecule has 0 atom stereocenters. The number of carboxylic acid groups (broad SMARTS) is 1. The molecule has 0 radical (unpaired) electrons. The minimum Gasteiger partial charge on any atom is -0.478 e. The van der Waals surface area contributed by atoms with Crippen molar-refractivity contribution in [2.75, 3.05) is 0 Å². The Morgan fingerprint density at radius 1 is 1.58 bits per heavy atom. The molecule has 1 N–H and O–H groups in total. The zero-order valence-electron chi connectivity index (χ0n) is 5.51. The van der Waals surface area contributed by atoms with E-state index >= 15 is 0 Å². The number of halogens is 3. The lowest BCUT2D eigenvalue weighted by molar-refractivity contribution is 0.0691. The van der Waals surface area contributed by atoms with Crippen molar-refractivity contribution in [1.29, 1.82) is 0 Å². The molecule has 12 heavy (non-hydrogen) atoms. The molecule has 0 aromatic carbocycles. The summed E-state index contributed by atoms with van der Waals surface area (Å²) in [6, 6.07) is 1.10. The van der Waals surface area contributed by atoms with Crippen LogP contribution in [0.3, 0.4) is 0 Å². The van der Waals surface area contributed by atoms with Gasteiger partial charge in [0.25, 0.3) is 0 Å². The Balaban J connectivity index is 3.37. The molecule has 0 saturated carbocycles. The number of hydrogen-bond acceptors (Lipinski definition) is 2. The predicted molar refractivity (Wildman–Crippen MR) is 46.6 cm³/mol. The highest BCUT2D eigenvalue weighted by atomic mass is 79.9. The van der Waals surface area contributed by atoms with E-state index in [1.165, 1.54) is 0 Å². The maximum atomic E-state index is 12.9. The van der Waals surface area contributed by atoms with Crippen LogP contribution in [0.1, 0.15) is 10.4 Å². The lowest BCUT2D eigenvalue weighted by Crippen LogP contribution is -2.02. The SMILES string of the molecule is O=C(O)c1cc(Br)nc(Br)c1F. The van der Waals surface area contributed by atoms with Gasteiger partial charge in [0.2, 0.25) is 0 Å². The normalized spacial score (nSPS) is 9.92. The molecule has 1 aromatic heterocycles. The van der Waals surface area contributed by atoms with Gasteiger partial charge >= 0.3 is 5.97 Å². The van der Waals surface area contributed by atoms with Crippen LogP contribution in [0.25, 0.3) is 0 Å². The van der Waals surface area contributed by atoms with Gasteiger partial charge in [0.05, 0.1) is 0 Å². The van der Waals surface area contributed by atoms with Crippen molar-refractivity contribution < 1.29 is 14.3 Å². The first-order valence-corrected chi connectivity index (χ1v) is 4.36. The average molecular weight is 299 g/mol. The summed E-state index contributed by atoms with van der Waals surface area (Å²) >= 11 is 5.73. The Morgan fingerprint density at radius 2 is 2.17 bits per heavy atom. The highest BCUT2D eigenvalue weighted by molar-refractivity contribution is 9.11. The first kappa shape index (κ1) is 9.60. The number of aromatic nitrogens is 1. The second-order valence-corrected chi connectivity index (χ2v) is 3.47. The smallest absolute Gasteiger partial charge is 0.338 e. The topological polar surface area (TPSA) is 50.2 Å². The highest BCUT2D eigenvalue weighted by Gasteiger charge is 2.14. The second kappa shape index (κ2) is 3.49. The van der Waals surface area contributed by atoms with E-state index in [0.29, 0.717) is 0 Å². The van der Waals surface area contributed by atoms with Crippen molar-refractivity contribution in [2.45, 2.75) is 0 Å². The summed E-state index contributed by atoms with van der Waals surface area (Å²) in [7, 11) is 0. The molecule has 0 aliphatic rings. The molecule has 64 valence electrons. The van der Waals surface area contributed by atoms with Crippen molar-refractivity contribution in [3.05, 3.63) is 26.7 Å². The molecule has 1 aromatic rings. The van der Waals surface area contributed by atoms with Gasteiger partial charge in [-0.15, -0.1) is 0 Å². The van der Waals surface area contributed by atoms with Gasteiger partial charge in [-0.05, 0) is 37.9 Å². The van der Waals surface area contributed by atoms with Crippen molar-refractivity contribution in [3.8, 4) is 0 Å². The van der Waals surface area contributed by atoms with Gasteiger partial charge in [-0.2, -0.15) is 0 Å². The van der Waals surface area contributed by atoms with Gasteiger partial charge < -0.3 is 5.11 Å². The summed E-state index contributed by atoms with van der Waals surface area (Å²) in [5, 5.41) is 8.51. The van der Waals surface area contributed by atoms with Crippen LogP contribution in [0.5, 0.6) is 0 Å². The fraction of sp³-hybridized carbons (Fsp3) is 0. The van der Waals surface area contributed by atoms with Crippen molar-refractivity contribution in [2.24, 2.45) is 0 Å². The lowest BCUT2D eigenvalue weighted by Gasteiger charge is -1.99. The van der Waals surface area contributed by atoms with E-state index in [1.54, 1.807) is 0 Å². The molecule has 0 spiro atoms. The number of carbonyl (C=O) groups is 1. The Kier molecular flexibility index (Phi) is 2.79. The Morgan fingerprint density at radius 3 is 2.67 bits per heavy atom. The second-order valence-electron chi connectivity index (χ2n) is 1.90. The molecule has 0 saturated heterocycles. The third kappa shape index (κ3) is 1.81. The van der Waals surface area contributed by atoms with Crippen LogP contribution in [0, 0.1) is 5.82 Å². The largest absolute Gasteiger partial charge is 0.478 e. The molecule has 0 unspecified atom stereocenters. The van der Waals surface area contributed by atoms with E-state index in [9.17, 15) is 9.18 Å². The molecule has 0 fully saturated rings. The number of hydrogen-bond donors (Lipinski definition) is 1. The van der Waals surface area contributed by atoms with E-state index < -0.39 is 17.3 Å². The molecular formula is C6H2Br2FNO2. The molecule has 0 bridgehead atoms. The van der Waals surface area contributed by atoms with Crippen LogP contribution in [0.4, 0.5) is 4.39 Å². The zero-order chi connectivity index (χ0) is 9.30. The fourth-order valence-electron chi connectivity index (χ4n) is 0.624. The van der Waals surface area contributed by atoms with Crippen LogP contribution in [-0.2, 0) is 0 Å². The van der Waals surface area contributed by atoms with Crippen LogP contribution in [0.15, 0.2) is 15.3 Å². The molecule has 6 heteroatoms. The van der Waals surface area contributed by atoms with Crippen LogP contribution < -0.4 is 0 Å². The van der Waals surface area contributed by atoms with E-state index in [0.717, 1.165) is 6.07 Å². The van der Waals surface area contributed by atoms with Gasteiger partial charge in [0.15, 0.2) is 5.82 Å². The summed E-state index contributed by atoms with van der Waals surface area (Å²) in [6.45, 7) is 0. The van der Waals surface area contributed by atoms with Gasteiger partial charge in [-0.25, -0.2) is 14.2 Å². The molecule has 1 heterocycles. The molecule has 1 rings (SSSR count). The highest BCUT2D eigenvalue weighted by Crippen LogP contribution is 2.20. The number of nitrogens with zero attached hydrogens (tertiary/aromatic N) is 1. The maximum Gasteiger partial charge on any atom is 0.338 e. The zero-order valence-corrected chi connectivity index (χ0v) is 8.69. The Bertz CT molecular complexity index is 343. The van der Waals surface area contributed by atoms with Crippen molar-refractivity contribution in [1.82, 2.24) is 4.98 Å². The average Bonchev–Trinajstić information content (AvgIpc) is 1.96. The molecule has 3 nitrogen and oxygen atoms in total. The first-order chi connectivity index (χ1) is 5.52. The van der Waals surface area contributed by atoms with Crippen molar-refractivity contribution in [3.63, 3.8) is 0 Å². The third-order valence-corrected chi connectivity index (χ3v) is 2.05. The third-order valence-electron chi connectivity index (χ3n) is 1.12. The quantitative estimate of drug-likeness (QED) is 0.810. The minimum absolute atomic E-state index is 0.116. The summed E-state index contributed by atoms with van der Waals surface area (Å²) in [5.74, 6) is -2.19. The number of rotatable bonds is 1. The van der Waals surface area contributed by atoms with Gasteiger partial charge in [-0.3, -0.25) is 0 Å². The molecular weight excluding hydrogens is 297 g/mol. The monoisotopic (exact) mass is 297 g/mol. The summed E-state index contributed by atoms with van der Waals surface area (Å²) in [6.07, 6.45) is 0. The molecule has 0 aliphatic carbocycles. The van der Waals surface area contributed by atoms with Crippen molar-refractivity contribution >= 4 is 37.8 Å². The molecule has 0 amide bonds. The van der Waals surface area contributed by atoms with Gasteiger partial charge in [0.1, 0.15) is 14.8 Å². The van der Waals surface area contributed by atoms with Gasteiger partial charge in [-0.1, -0.05) is 0 Å². The standard InChI is InChI=1S/C6H2Br2FNO2/c7-3-1-2(6(11)12)4(9)5(8)10-3/h1H,(H,11,12). The number of aromatic carboxylic acids is 1. The van der Waals surface area contributed by atoms with E-state index in [1.807, 2.05) is 0 Å². The van der Waals surface area contributed by atoms with Crippen LogP contribution >= 0.6 is 31.9 Å². The Labute approximate surface area is 83.9 Å². The van der Waals surface area contributed by atoms with E-state index in [4.69, 9.17) is 5.11 Å². The van der Waals surface area contributed by atoms with E-state index in [2.05, 4.69) is 36.8 Å². The molecule has 0 aliphatic heterocycles. The lowest BCUT2D eigenvalue weighted by atomic mass is 10.3. The summed E-state index contributed by atoms with van der Waals surface area (Å²) < 4.78 is 13.1. The Hall–Kier alpha value is -0.490. The number of pyridine rings is 1. The summed E-state index contributed by atoms with van der Waals surface area (Å²) in [5.41, 5.74) is -0.413. The fourth-order valence-corrected chi connectivity index (χ4v) is 1.67. The van der Waals surface area contributed by atoms with Crippen LogP contribution in [0.2, 0.25) is 0 Å². The maximum absolute atomic E-state index is 12.9. The van der Waals surface area contributed by atoms with Gasteiger partial charge in [0, 0.05) is 0 Å². The van der Waals surface area contributed by atoms with E-state index in [-0.39, 0.29) is 9.21 Å².